The number of ketones is 3. The van der Waals surface area contributed by atoms with E-state index in [9.17, 15) is 72.5 Å². The van der Waals surface area contributed by atoms with Crippen LogP contribution in [0.2, 0.25) is 0 Å². The number of hydrogen-bond donors (Lipinski definition) is 13. The highest BCUT2D eigenvalue weighted by Gasteiger charge is 2.36. The molecule has 14 N–H and O–H groups in total. The number of amides is 10. The minimum absolute atomic E-state index is 0.0214. The number of phenols is 1. The lowest BCUT2D eigenvalue weighted by molar-refractivity contribution is -0.137. The third-order valence-corrected chi connectivity index (χ3v) is 15.2. The van der Waals surface area contributed by atoms with Gasteiger partial charge >= 0.3 is 0 Å². The van der Waals surface area contributed by atoms with Crippen LogP contribution in [0, 0.1) is 5.92 Å². The van der Waals surface area contributed by atoms with E-state index >= 15 is 0 Å². The topological polar surface area (TPSA) is 427 Å². The zero-order chi connectivity index (χ0) is 72.0. The summed E-state index contributed by atoms with van der Waals surface area (Å²) in [6.07, 6.45) is -1.04. The van der Waals surface area contributed by atoms with Gasteiger partial charge in [-0.3, -0.25) is 62.3 Å². The molecule has 3 aromatic carbocycles. The van der Waals surface area contributed by atoms with Crippen molar-refractivity contribution in [1.82, 2.24) is 53.2 Å². The van der Waals surface area contributed by atoms with Crippen molar-refractivity contribution in [2.24, 2.45) is 11.7 Å². The molecular formula is C69H101N11O17. The number of rotatable bonds is 47. The molecule has 0 aliphatic rings. The Bertz CT molecular complexity index is 3040. The molecule has 3 aromatic rings. The highest BCUT2D eigenvalue weighted by Crippen LogP contribution is 2.14. The standard InChI is InChI=1S/C69H101N11O17/c1-9-11-24-52(64(90)76-54(45(7)83)39-47-20-14-12-15-21-47)74-66(92)55(35-42(3)4)73-60(87)41-72-63(89)58(40-48-22-16-13-17-23-48)79-69(95)61(46(8)84)80-68(94)57(37-44(6)82)78-65(91)53(25-18-19-31-71-59(86)30-32-97-34-33-96-10-2)75-67(93)56(36-43(5)81)77-62(88)51(70)38-49-26-28-50(85)29-27-49/h12-17,20-23,26-29,42,46,51-58,61,84-85H,9-11,18-19,24-25,30-41,70H2,1-8H3,(H,71,86)(H,72,89)(H,73,87)(H,74,92)(H,75,93)(H,76,90)(H,77,88)(H,78,91)(H,79,95)(H,80,94)/t46?,51-,52-,53-,54-,55-,56-,57-,58-,61-/m0/s1. The number of carbonyl (C=O) groups excluding carboxylic acids is 13. The number of ether oxygens (including phenoxy) is 2. The Labute approximate surface area is 567 Å². The van der Waals surface area contributed by atoms with E-state index in [2.05, 4.69) is 53.2 Å². The van der Waals surface area contributed by atoms with Crippen molar-refractivity contribution in [3.05, 3.63) is 102 Å². The zero-order valence-electron chi connectivity index (χ0n) is 57.0. The van der Waals surface area contributed by atoms with E-state index in [0.717, 1.165) is 19.4 Å². The Morgan fingerprint density at radius 1 is 0.464 bits per heavy atom. The van der Waals surface area contributed by atoms with Gasteiger partial charge in [0.1, 0.15) is 59.6 Å². The fraction of sp³-hybridized carbons (Fsp3) is 0.551. The smallest absolute Gasteiger partial charge is 0.245 e. The number of aromatic hydroxyl groups is 1. The maximum Gasteiger partial charge on any atom is 0.245 e. The number of Topliss-reactive ketones (excluding diaryl/α,β-unsaturated/α-hetero) is 3. The fourth-order valence-corrected chi connectivity index (χ4v) is 9.97. The maximum atomic E-state index is 14.4. The molecule has 10 atom stereocenters. The van der Waals surface area contributed by atoms with E-state index in [0.29, 0.717) is 43.8 Å². The van der Waals surface area contributed by atoms with E-state index in [1.165, 1.54) is 26.0 Å². The molecule has 28 heteroatoms. The van der Waals surface area contributed by atoms with Gasteiger partial charge in [-0.25, -0.2) is 0 Å². The number of phenolic OH excluding ortho intramolecular Hbond substituents is 1. The second-order valence-electron chi connectivity index (χ2n) is 24.4. The van der Waals surface area contributed by atoms with Gasteiger partial charge in [0.2, 0.25) is 59.1 Å². The van der Waals surface area contributed by atoms with Crippen LogP contribution in [0.25, 0.3) is 0 Å². The van der Waals surface area contributed by atoms with Gasteiger partial charge in [-0.05, 0) is 114 Å². The molecule has 0 saturated heterocycles. The molecule has 0 heterocycles. The number of aliphatic hydroxyl groups excluding tert-OH is 1. The van der Waals surface area contributed by atoms with Crippen LogP contribution in [-0.2, 0) is 91.1 Å². The molecule has 10 amide bonds. The number of unbranched alkanes of at least 4 members (excludes halogenated alkanes) is 2. The minimum atomic E-state index is -1.87. The van der Waals surface area contributed by atoms with Crippen molar-refractivity contribution < 1.29 is 82.0 Å². The van der Waals surface area contributed by atoms with Crippen LogP contribution in [0.3, 0.4) is 0 Å². The van der Waals surface area contributed by atoms with E-state index < -0.39 is 145 Å². The van der Waals surface area contributed by atoms with Crippen LogP contribution in [0.1, 0.15) is 136 Å². The fourth-order valence-electron chi connectivity index (χ4n) is 9.97. The largest absolute Gasteiger partial charge is 0.508 e. The molecule has 0 aromatic heterocycles. The second kappa shape index (κ2) is 44.7. The zero-order valence-corrected chi connectivity index (χ0v) is 57.0. The summed E-state index contributed by atoms with van der Waals surface area (Å²) in [6, 6.07) is 10.8. The quantitative estimate of drug-likeness (QED) is 0.0345. The van der Waals surface area contributed by atoms with Crippen molar-refractivity contribution in [3.8, 4) is 5.75 Å². The summed E-state index contributed by atoms with van der Waals surface area (Å²) < 4.78 is 10.6. The minimum Gasteiger partial charge on any atom is -0.508 e. The lowest BCUT2D eigenvalue weighted by atomic mass is 10.0. The first-order valence-electron chi connectivity index (χ1n) is 33.0. The Hall–Kier alpha value is -8.99. The third-order valence-electron chi connectivity index (χ3n) is 15.2. The average Bonchev–Trinajstić information content (AvgIpc) is 1.37. The van der Waals surface area contributed by atoms with Gasteiger partial charge in [0.05, 0.1) is 44.6 Å². The average molecular weight is 1360 g/mol. The van der Waals surface area contributed by atoms with E-state index in [1.54, 1.807) is 42.5 Å². The lowest BCUT2D eigenvalue weighted by Gasteiger charge is -2.28. The molecule has 3 rings (SSSR count). The van der Waals surface area contributed by atoms with Crippen LogP contribution < -0.4 is 58.9 Å². The van der Waals surface area contributed by atoms with Crippen molar-refractivity contribution >= 4 is 76.4 Å². The number of benzene rings is 3. The summed E-state index contributed by atoms with van der Waals surface area (Å²) in [5, 5.41) is 46.5. The van der Waals surface area contributed by atoms with Crippen LogP contribution in [0.15, 0.2) is 84.9 Å². The van der Waals surface area contributed by atoms with Crippen LogP contribution >= 0.6 is 0 Å². The Morgan fingerprint density at radius 2 is 0.938 bits per heavy atom. The monoisotopic (exact) mass is 1360 g/mol. The van der Waals surface area contributed by atoms with Crippen molar-refractivity contribution in [2.75, 3.05) is 39.5 Å². The molecule has 1 unspecified atom stereocenters. The van der Waals surface area contributed by atoms with Gasteiger partial charge in [0.25, 0.3) is 0 Å². The summed E-state index contributed by atoms with van der Waals surface area (Å²) in [5.74, 6) is -10.1. The number of hydrogen-bond acceptors (Lipinski definition) is 18. The number of carbonyl (C=O) groups is 13. The van der Waals surface area contributed by atoms with Crippen molar-refractivity contribution in [2.45, 2.75) is 199 Å². The normalized spacial score (nSPS) is 14.2. The van der Waals surface area contributed by atoms with Gasteiger partial charge in [-0.2, -0.15) is 0 Å². The number of aliphatic hydroxyl groups is 1. The predicted molar refractivity (Wildman–Crippen MR) is 359 cm³/mol. The van der Waals surface area contributed by atoms with Gasteiger partial charge in [-0.1, -0.05) is 106 Å². The SMILES string of the molecule is CCCC[C@H](NC(=O)[C@H](CC(C)C)NC(=O)CNC(=O)[C@H](Cc1ccccc1)NC(=O)[C@@H](NC(=O)[C@H](CC(C)=O)NC(=O)[C@H](CCCCNC(=O)CCOCCOCC)NC(=O)[C@H](CC(C)=O)NC(=O)[C@@H](N)Cc1ccc(O)cc1)C(C)O)C(=O)N[C@@H](Cc1ccccc1)C(C)=O. The van der Waals surface area contributed by atoms with E-state index in [1.807, 2.05) is 58.0 Å². The summed E-state index contributed by atoms with van der Waals surface area (Å²) in [5.41, 5.74) is 8.11. The Kier molecular flexibility index (Phi) is 37.9. The number of nitrogens with two attached hydrogens (primary N) is 1. The molecule has 0 spiro atoms. The van der Waals surface area contributed by atoms with Gasteiger partial charge < -0.3 is 78.6 Å². The van der Waals surface area contributed by atoms with Crippen molar-refractivity contribution in [3.63, 3.8) is 0 Å². The van der Waals surface area contributed by atoms with Gasteiger partial charge in [0.15, 0.2) is 5.78 Å². The summed E-state index contributed by atoms with van der Waals surface area (Å²) >= 11 is 0. The highest BCUT2D eigenvalue weighted by molar-refractivity contribution is 6.00. The molecule has 0 radical (unpaired) electrons. The summed E-state index contributed by atoms with van der Waals surface area (Å²) in [4.78, 5) is 177. The molecular weight excluding hydrogens is 1250 g/mol. The highest BCUT2D eigenvalue weighted by atomic mass is 16.5. The van der Waals surface area contributed by atoms with E-state index in [4.69, 9.17) is 15.2 Å². The van der Waals surface area contributed by atoms with Gasteiger partial charge in [-0.15, -0.1) is 0 Å². The third kappa shape index (κ3) is 33.0. The van der Waals surface area contributed by atoms with Crippen molar-refractivity contribution in [1.29, 1.82) is 0 Å². The number of nitrogens with one attached hydrogen (secondary N) is 10. The molecule has 0 aliphatic heterocycles. The van der Waals surface area contributed by atoms with E-state index in [-0.39, 0.29) is 94.3 Å². The van der Waals surface area contributed by atoms with Gasteiger partial charge in [0, 0.05) is 38.8 Å². The first-order chi connectivity index (χ1) is 46.1. The van der Waals surface area contributed by atoms with Crippen LogP contribution in [0.5, 0.6) is 5.75 Å². The molecule has 97 heavy (non-hydrogen) atoms. The molecule has 0 aliphatic carbocycles. The Balaban J connectivity index is 1.84. The summed E-state index contributed by atoms with van der Waals surface area (Å²) in [6.45, 7) is 12.9. The molecule has 534 valence electrons. The predicted octanol–water partition coefficient (Wildman–Crippen LogP) is 0.636. The second-order valence-corrected chi connectivity index (χ2v) is 24.4. The summed E-state index contributed by atoms with van der Waals surface area (Å²) in [7, 11) is 0. The molecule has 28 nitrogen and oxygen atoms in total. The first-order valence-corrected chi connectivity index (χ1v) is 33.0. The first kappa shape index (κ1) is 82.2. The Morgan fingerprint density at radius 3 is 1.46 bits per heavy atom. The molecule has 0 bridgehead atoms. The maximum absolute atomic E-state index is 14.4. The molecule has 0 fully saturated rings. The van der Waals surface area contributed by atoms with Crippen LogP contribution in [0.4, 0.5) is 0 Å². The lowest BCUT2D eigenvalue weighted by Crippen LogP contribution is -2.61. The van der Waals surface area contributed by atoms with Crippen LogP contribution in [-0.4, -0.2) is 187 Å². The molecule has 0 saturated carbocycles.